The number of aliphatic carboxylic acids is 1. The maximum Gasteiger partial charge on any atom is 0.313 e. The Morgan fingerprint density at radius 1 is 1.58 bits per heavy atom. The van der Waals surface area contributed by atoms with Crippen molar-refractivity contribution >= 4 is 13.1 Å². The van der Waals surface area contributed by atoms with Crippen molar-refractivity contribution in [3.05, 3.63) is 0 Å². The predicted molar refractivity (Wildman–Crippen MR) is 47.2 cm³/mol. The third-order valence-electron chi connectivity index (χ3n) is 1.88. The van der Waals surface area contributed by atoms with Gasteiger partial charge in [-0.3, -0.25) is 4.79 Å². The number of carbonyl (C=O) groups is 1. The van der Waals surface area contributed by atoms with E-state index in [1.54, 1.807) is 6.92 Å². The Kier molecular flexibility index (Phi) is 4.50. The van der Waals surface area contributed by atoms with Crippen LogP contribution in [0.1, 0.15) is 13.3 Å². The molecular formula is C7H15O4P. The molecule has 0 saturated carbocycles. The molecule has 0 aromatic rings. The molecule has 0 aliphatic heterocycles. The third-order valence-corrected chi connectivity index (χ3v) is 4.87. The average Bonchev–Trinajstić information content (AvgIpc) is 1.86. The van der Waals surface area contributed by atoms with E-state index in [9.17, 15) is 9.36 Å². The molecule has 0 aromatic carbocycles. The average molecular weight is 194 g/mol. The van der Waals surface area contributed by atoms with Gasteiger partial charge in [-0.1, -0.05) is 6.92 Å². The number of aliphatic hydroxyl groups is 1. The summed E-state index contributed by atoms with van der Waals surface area (Å²) >= 11 is 0. The van der Waals surface area contributed by atoms with E-state index in [1.165, 1.54) is 6.66 Å². The molecule has 0 heterocycles. The molecule has 2 atom stereocenters. The monoisotopic (exact) mass is 194 g/mol. The van der Waals surface area contributed by atoms with Crippen LogP contribution in [0.4, 0.5) is 0 Å². The van der Waals surface area contributed by atoms with Crippen LogP contribution in [0.2, 0.25) is 0 Å². The van der Waals surface area contributed by atoms with E-state index in [1.807, 2.05) is 0 Å². The maximum atomic E-state index is 11.6. The lowest BCUT2D eigenvalue weighted by molar-refractivity contribution is -0.136. The smallest absolute Gasteiger partial charge is 0.313 e. The fourth-order valence-electron chi connectivity index (χ4n) is 1.15. The Morgan fingerprint density at radius 3 is 2.33 bits per heavy atom. The minimum Gasteiger partial charge on any atom is -0.481 e. The number of hydrogen-bond acceptors (Lipinski definition) is 3. The molecule has 0 aliphatic rings. The molecular weight excluding hydrogens is 179 g/mol. The second-order valence-corrected chi connectivity index (χ2v) is 6.30. The van der Waals surface area contributed by atoms with Crippen LogP contribution in [0.5, 0.6) is 0 Å². The summed E-state index contributed by atoms with van der Waals surface area (Å²) in [6.45, 7) is 2.91. The lowest BCUT2D eigenvalue weighted by Gasteiger charge is -2.18. The summed E-state index contributed by atoms with van der Waals surface area (Å²) < 4.78 is 11.6. The topological polar surface area (TPSA) is 74.6 Å². The summed E-state index contributed by atoms with van der Waals surface area (Å²) in [4.78, 5) is 10.6. The van der Waals surface area contributed by atoms with Crippen molar-refractivity contribution in [3.8, 4) is 0 Å². The zero-order valence-corrected chi connectivity index (χ0v) is 8.25. The van der Waals surface area contributed by atoms with Crippen LogP contribution >= 0.6 is 7.14 Å². The molecule has 0 aliphatic carbocycles. The van der Waals surface area contributed by atoms with Crippen molar-refractivity contribution in [1.82, 2.24) is 0 Å². The summed E-state index contributed by atoms with van der Waals surface area (Å²) in [5.74, 6) is -1.03. The molecule has 0 saturated heterocycles. The zero-order valence-electron chi connectivity index (χ0n) is 7.36. The van der Waals surface area contributed by atoms with Gasteiger partial charge in [0.2, 0.25) is 0 Å². The standard InChI is InChI=1S/C7H15O4P/c1-3-6(7(9)10)12(2,11)5-4-8/h6,8H,3-5H2,1-2H3,(H,9,10). The van der Waals surface area contributed by atoms with Gasteiger partial charge in [-0.25, -0.2) is 0 Å². The van der Waals surface area contributed by atoms with E-state index in [-0.39, 0.29) is 12.8 Å². The first-order valence-corrected chi connectivity index (χ1v) is 6.26. The second kappa shape index (κ2) is 4.63. The molecule has 0 bridgehead atoms. The molecule has 2 N–H and O–H groups in total. The molecule has 0 spiro atoms. The molecule has 5 heteroatoms. The van der Waals surface area contributed by atoms with Gasteiger partial charge in [-0.05, 0) is 13.1 Å². The van der Waals surface area contributed by atoms with Gasteiger partial charge in [-0.2, -0.15) is 0 Å². The first-order chi connectivity index (χ1) is 5.45. The number of rotatable bonds is 5. The van der Waals surface area contributed by atoms with Gasteiger partial charge < -0.3 is 14.8 Å². The van der Waals surface area contributed by atoms with Crippen molar-refractivity contribution in [3.63, 3.8) is 0 Å². The van der Waals surface area contributed by atoms with Gasteiger partial charge in [0.25, 0.3) is 0 Å². The van der Waals surface area contributed by atoms with Gasteiger partial charge >= 0.3 is 5.97 Å². The van der Waals surface area contributed by atoms with E-state index in [4.69, 9.17) is 10.2 Å². The summed E-state index contributed by atoms with van der Waals surface area (Å²) in [5.41, 5.74) is -0.801. The Bertz CT molecular complexity index is 202. The van der Waals surface area contributed by atoms with Gasteiger partial charge in [0.15, 0.2) is 0 Å². The van der Waals surface area contributed by atoms with Crippen LogP contribution in [0, 0.1) is 0 Å². The molecule has 0 radical (unpaired) electrons. The lowest BCUT2D eigenvalue weighted by Crippen LogP contribution is -2.21. The zero-order chi connectivity index (χ0) is 9.78. The first kappa shape index (κ1) is 11.7. The molecule has 0 aromatic heterocycles. The lowest BCUT2D eigenvalue weighted by atomic mass is 10.3. The highest BCUT2D eigenvalue weighted by molar-refractivity contribution is 7.64. The predicted octanol–water partition coefficient (Wildman–Crippen LogP) is 0.835. The first-order valence-electron chi connectivity index (χ1n) is 3.85. The Morgan fingerprint density at radius 2 is 2.08 bits per heavy atom. The second-order valence-electron chi connectivity index (χ2n) is 2.88. The van der Waals surface area contributed by atoms with Gasteiger partial charge in [0, 0.05) is 12.8 Å². The number of carboxylic acids is 1. The fourth-order valence-corrected chi connectivity index (χ4v) is 3.10. The molecule has 2 unspecified atom stereocenters. The SMILES string of the molecule is CCC(C(=O)O)P(C)(=O)CCO. The summed E-state index contributed by atoms with van der Waals surface area (Å²) in [6.07, 6.45) is 0.445. The molecule has 12 heavy (non-hydrogen) atoms. The van der Waals surface area contributed by atoms with E-state index in [0.29, 0.717) is 6.42 Å². The summed E-state index contributed by atoms with van der Waals surface area (Å²) in [7, 11) is -2.71. The van der Waals surface area contributed by atoms with Crippen LogP contribution in [-0.4, -0.2) is 41.3 Å². The Labute approximate surface area is 72.0 Å². The molecule has 0 amide bonds. The van der Waals surface area contributed by atoms with E-state index < -0.39 is 18.8 Å². The molecule has 72 valence electrons. The van der Waals surface area contributed by atoms with Crippen molar-refractivity contribution in [1.29, 1.82) is 0 Å². The largest absolute Gasteiger partial charge is 0.481 e. The molecule has 0 fully saturated rings. The van der Waals surface area contributed by atoms with E-state index in [0.717, 1.165) is 0 Å². The third kappa shape index (κ3) is 2.95. The summed E-state index contributed by atoms with van der Waals surface area (Å²) in [5, 5.41) is 17.2. The van der Waals surface area contributed by atoms with Crippen LogP contribution in [-0.2, 0) is 9.36 Å². The number of hydrogen-bond donors (Lipinski definition) is 2. The highest BCUT2D eigenvalue weighted by Gasteiger charge is 2.31. The van der Waals surface area contributed by atoms with Crippen molar-refractivity contribution < 1.29 is 19.6 Å². The van der Waals surface area contributed by atoms with Crippen LogP contribution in [0.15, 0.2) is 0 Å². The van der Waals surface area contributed by atoms with Gasteiger partial charge in [0.1, 0.15) is 12.8 Å². The Hall–Kier alpha value is -0.340. The highest BCUT2D eigenvalue weighted by Crippen LogP contribution is 2.47. The fraction of sp³-hybridized carbons (Fsp3) is 0.857. The summed E-state index contributed by atoms with van der Waals surface area (Å²) in [6, 6.07) is 0. The number of aliphatic hydroxyl groups excluding tert-OH is 1. The van der Waals surface area contributed by atoms with Crippen molar-refractivity contribution in [2.45, 2.75) is 19.0 Å². The minimum absolute atomic E-state index is 0.0950. The molecule has 0 rings (SSSR count). The highest BCUT2D eigenvalue weighted by atomic mass is 31.2. The maximum absolute atomic E-state index is 11.6. The number of carboxylic acid groups (broad SMARTS) is 1. The minimum atomic E-state index is -2.71. The van der Waals surface area contributed by atoms with Crippen molar-refractivity contribution in [2.75, 3.05) is 19.4 Å². The van der Waals surface area contributed by atoms with Gasteiger partial charge in [-0.15, -0.1) is 0 Å². The quantitative estimate of drug-likeness (QED) is 0.636. The van der Waals surface area contributed by atoms with Crippen LogP contribution in [0.25, 0.3) is 0 Å². The van der Waals surface area contributed by atoms with Gasteiger partial charge in [0.05, 0.1) is 0 Å². The van der Waals surface area contributed by atoms with E-state index in [2.05, 4.69) is 0 Å². The normalized spacial score (nSPS) is 18.2. The van der Waals surface area contributed by atoms with Crippen molar-refractivity contribution in [2.24, 2.45) is 0 Å². The van der Waals surface area contributed by atoms with Crippen LogP contribution in [0.3, 0.4) is 0 Å². The van der Waals surface area contributed by atoms with E-state index >= 15 is 0 Å². The Balaban J connectivity index is 4.48. The molecule has 4 nitrogen and oxygen atoms in total. The van der Waals surface area contributed by atoms with Crippen LogP contribution < -0.4 is 0 Å².